The Morgan fingerprint density at radius 3 is 3.11 bits per heavy atom. The average molecular weight is 252 g/mol. The molecular formula is C13H24N4O. The molecule has 18 heavy (non-hydrogen) atoms. The predicted molar refractivity (Wildman–Crippen MR) is 70.5 cm³/mol. The van der Waals surface area contributed by atoms with Gasteiger partial charge in [0.15, 0.2) is 0 Å². The van der Waals surface area contributed by atoms with E-state index < -0.39 is 0 Å². The highest BCUT2D eigenvalue weighted by atomic mass is 16.5. The molecular weight excluding hydrogens is 228 g/mol. The van der Waals surface area contributed by atoms with Gasteiger partial charge in [-0.2, -0.15) is 5.10 Å². The van der Waals surface area contributed by atoms with E-state index in [1.165, 1.54) is 6.42 Å². The van der Waals surface area contributed by atoms with Gasteiger partial charge < -0.3 is 10.1 Å². The van der Waals surface area contributed by atoms with Crippen LogP contribution in [0, 0.1) is 0 Å². The van der Waals surface area contributed by atoms with Crippen molar-refractivity contribution in [1.82, 2.24) is 20.1 Å². The predicted octanol–water partition coefficient (Wildman–Crippen LogP) is 1.39. The van der Waals surface area contributed by atoms with Crippen LogP contribution in [-0.4, -0.2) is 40.1 Å². The monoisotopic (exact) mass is 252 g/mol. The molecule has 0 spiro atoms. The van der Waals surface area contributed by atoms with Crippen LogP contribution in [0.2, 0.25) is 0 Å². The van der Waals surface area contributed by atoms with Crippen LogP contribution >= 0.6 is 0 Å². The molecule has 0 saturated carbocycles. The van der Waals surface area contributed by atoms with E-state index in [9.17, 15) is 0 Å². The minimum Gasteiger partial charge on any atom is -0.377 e. The Hall–Kier alpha value is -0.940. The van der Waals surface area contributed by atoms with E-state index in [1.54, 1.807) is 6.33 Å². The summed E-state index contributed by atoms with van der Waals surface area (Å²) in [5.74, 6) is 1.06. The quantitative estimate of drug-likeness (QED) is 0.796. The maximum Gasteiger partial charge on any atom is 0.138 e. The first-order chi connectivity index (χ1) is 8.85. The average Bonchev–Trinajstić information content (AvgIpc) is 3.04. The van der Waals surface area contributed by atoms with Gasteiger partial charge in [0.25, 0.3) is 0 Å². The van der Waals surface area contributed by atoms with Gasteiger partial charge >= 0.3 is 0 Å². The minimum absolute atomic E-state index is 0.332. The van der Waals surface area contributed by atoms with Crippen LogP contribution in [0.1, 0.15) is 38.9 Å². The summed E-state index contributed by atoms with van der Waals surface area (Å²) in [5.41, 5.74) is 0. The number of hydrogen-bond donors (Lipinski definition) is 1. The molecule has 0 amide bonds. The summed E-state index contributed by atoms with van der Waals surface area (Å²) in [6.45, 7) is 7.09. The van der Waals surface area contributed by atoms with Gasteiger partial charge in [-0.1, -0.05) is 6.92 Å². The highest BCUT2D eigenvalue weighted by Gasteiger charge is 2.26. The lowest BCUT2D eigenvalue weighted by Crippen LogP contribution is -2.42. The Morgan fingerprint density at radius 2 is 2.44 bits per heavy atom. The molecule has 0 aliphatic carbocycles. The Bertz CT molecular complexity index is 347. The summed E-state index contributed by atoms with van der Waals surface area (Å²) >= 11 is 0. The molecule has 2 atom stereocenters. The second-order valence-corrected chi connectivity index (χ2v) is 4.81. The van der Waals surface area contributed by atoms with E-state index in [0.29, 0.717) is 12.1 Å². The second kappa shape index (κ2) is 6.85. The van der Waals surface area contributed by atoms with Gasteiger partial charge in [0.05, 0.1) is 6.10 Å². The summed E-state index contributed by atoms with van der Waals surface area (Å²) in [7, 11) is 0. The Morgan fingerprint density at radius 1 is 1.56 bits per heavy atom. The fourth-order valence-electron chi connectivity index (χ4n) is 2.49. The van der Waals surface area contributed by atoms with Gasteiger partial charge in [-0.3, -0.25) is 4.68 Å². The maximum atomic E-state index is 5.81. The molecule has 0 aromatic carbocycles. The molecule has 1 aromatic rings. The molecule has 0 radical (unpaired) electrons. The van der Waals surface area contributed by atoms with Crippen LogP contribution in [0.25, 0.3) is 0 Å². The SMILES string of the molecule is CCCNC(Cc1ncnn1CC)C1CCCO1. The largest absolute Gasteiger partial charge is 0.377 e. The highest BCUT2D eigenvalue weighted by Crippen LogP contribution is 2.18. The molecule has 2 unspecified atom stereocenters. The van der Waals surface area contributed by atoms with Crippen LogP contribution in [0.15, 0.2) is 6.33 Å². The van der Waals surface area contributed by atoms with Crippen molar-refractivity contribution >= 4 is 0 Å². The van der Waals surface area contributed by atoms with E-state index in [2.05, 4.69) is 29.2 Å². The van der Waals surface area contributed by atoms with E-state index in [4.69, 9.17) is 4.74 Å². The third kappa shape index (κ3) is 3.29. The number of aryl methyl sites for hydroxylation is 1. The molecule has 102 valence electrons. The molecule has 1 aliphatic heterocycles. The van der Waals surface area contributed by atoms with Crippen molar-refractivity contribution < 1.29 is 4.74 Å². The van der Waals surface area contributed by atoms with Crippen LogP contribution in [0.4, 0.5) is 0 Å². The maximum absolute atomic E-state index is 5.81. The molecule has 1 N–H and O–H groups in total. The zero-order chi connectivity index (χ0) is 12.8. The molecule has 1 saturated heterocycles. The molecule has 5 nitrogen and oxygen atoms in total. The van der Waals surface area contributed by atoms with Crippen LogP contribution in [-0.2, 0) is 17.7 Å². The van der Waals surface area contributed by atoms with Gasteiger partial charge in [0.2, 0.25) is 0 Å². The third-order valence-electron chi connectivity index (χ3n) is 3.47. The first-order valence-corrected chi connectivity index (χ1v) is 7.06. The van der Waals surface area contributed by atoms with Crippen molar-refractivity contribution in [2.24, 2.45) is 0 Å². The highest BCUT2D eigenvalue weighted by molar-refractivity contribution is 4.93. The van der Waals surface area contributed by atoms with Crippen molar-refractivity contribution in [2.75, 3.05) is 13.2 Å². The molecule has 1 fully saturated rings. The van der Waals surface area contributed by atoms with Gasteiger partial charge in [-0.25, -0.2) is 4.98 Å². The van der Waals surface area contributed by atoms with Gasteiger partial charge in [0, 0.05) is 25.6 Å². The molecule has 1 aromatic heterocycles. The zero-order valence-electron chi connectivity index (χ0n) is 11.4. The molecule has 1 aliphatic rings. The van der Waals surface area contributed by atoms with Gasteiger partial charge in [-0.05, 0) is 32.7 Å². The summed E-state index contributed by atoms with van der Waals surface area (Å²) < 4.78 is 7.78. The van der Waals surface area contributed by atoms with E-state index in [1.807, 2.05) is 4.68 Å². The standard InChI is InChI=1S/C13H24N4O/c1-3-7-14-11(12-6-5-8-18-12)9-13-15-10-16-17(13)4-2/h10-12,14H,3-9H2,1-2H3. The Balaban J connectivity index is 1.99. The smallest absolute Gasteiger partial charge is 0.138 e. The molecule has 0 bridgehead atoms. The Labute approximate surface area is 109 Å². The van der Waals surface area contributed by atoms with Crippen LogP contribution in [0.3, 0.4) is 0 Å². The number of aromatic nitrogens is 3. The number of hydrogen-bond acceptors (Lipinski definition) is 4. The third-order valence-corrected chi connectivity index (χ3v) is 3.47. The number of nitrogens with one attached hydrogen (secondary N) is 1. The second-order valence-electron chi connectivity index (χ2n) is 4.81. The minimum atomic E-state index is 0.332. The van der Waals surface area contributed by atoms with Crippen molar-refractivity contribution in [3.8, 4) is 0 Å². The van der Waals surface area contributed by atoms with Crippen molar-refractivity contribution in [2.45, 2.75) is 58.2 Å². The lowest BCUT2D eigenvalue weighted by molar-refractivity contribution is 0.0774. The van der Waals surface area contributed by atoms with E-state index in [0.717, 1.165) is 44.8 Å². The van der Waals surface area contributed by atoms with Gasteiger partial charge in [-0.15, -0.1) is 0 Å². The number of rotatable bonds is 7. The molecule has 2 heterocycles. The first-order valence-electron chi connectivity index (χ1n) is 7.06. The zero-order valence-corrected chi connectivity index (χ0v) is 11.4. The van der Waals surface area contributed by atoms with E-state index >= 15 is 0 Å². The topological polar surface area (TPSA) is 52.0 Å². The van der Waals surface area contributed by atoms with Crippen molar-refractivity contribution in [3.63, 3.8) is 0 Å². The fourth-order valence-corrected chi connectivity index (χ4v) is 2.49. The molecule has 5 heteroatoms. The van der Waals surface area contributed by atoms with Crippen molar-refractivity contribution in [1.29, 1.82) is 0 Å². The number of nitrogens with zero attached hydrogens (tertiary/aromatic N) is 3. The first kappa shape index (κ1) is 13.5. The number of ether oxygens (including phenoxy) is 1. The van der Waals surface area contributed by atoms with Crippen LogP contribution < -0.4 is 5.32 Å². The summed E-state index contributed by atoms with van der Waals surface area (Å²) in [6.07, 6.45) is 6.35. The summed E-state index contributed by atoms with van der Waals surface area (Å²) in [4.78, 5) is 4.36. The van der Waals surface area contributed by atoms with Crippen LogP contribution in [0.5, 0.6) is 0 Å². The normalized spacial score (nSPS) is 21.3. The Kier molecular flexibility index (Phi) is 5.13. The fraction of sp³-hybridized carbons (Fsp3) is 0.846. The lowest BCUT2D eigenvalue weighted by Gasteiger charge is -2.24. The lowest BCUT2D eigenvalue weighted by atomic mass is 10.0. The molecule has 2 rings (SSSR count). The van der Waals surface area contributed by atoms with E-state index in [-0.39, 0.29) is 0 Å². The van der Waals surface area contributed by atoms with Crippen molar-refractivity contribution in [3.05, 3.63) is 12.2 Å². The van der Waals surface area contributed by atoms with Gasteiger partial charge in [0.1, 0.15) is 12.2 Å². The summed E-state index contributed by atoms with van der Waals surface area (Å²) in [6, 6.07) is 0.363. The summed E-state index contributed by atoms with van der Waals surface area (Å²) in [5, 5.41) is 7.83.